The summed E-state index contributed by atoms with van der Waals surface area (Å²) >= 11 is 1.76. The van der Waals surface area contributed by atoms with Gasteiger partial charge in [0, 0.05) is 21.8 Å². The van der Waals surface area contributed by atoms with E-state index in [4.69, 9.17) is 0 Å². The number of rotatable bonds is 1. The molecule has 0 unspecified atom stereocenters. The quantitative estimate of drug-likeness (QED) is 0.648. The van der Waals surface area contributed by atoms with Gasteiger partial charge in [-0.25, -0.2) is 9.37 Å². The first-order valence-electron chi connectivity index (χ1n) is 7.00. The lowest BCUT2D eigenvalue weighted by molar-refractivity contribution is 0.630. The van der Waals surface area contributed by atoms with E-state index in [1.807, 2.05) is 13.0 Å². The molecule has 0 amide bonds. The van der Waals surface area contributed by atoms with Crippen LogP contribution in [0.2, 0.25) is 0 Å². The molecular formula is C16H15FN2S. The molecule has 3 aromatic rings. The normalized spacial score (nSPS) is 14.7. The maximum absolute atomic E-state index is 14.0. The highest BCUT2D eigenvalue weighted by Gasteiger charge is 2.22. The molecule has 1 aliphatic carbocycles. The van der Waals surface area contributed by atoms with Gasteiger partial charge in [0.05, 0.1) is 5.69 Å². The van der Waals surface area contributed by atoms with E-state index in [1.54, 1.807) is 23.5 Å². The van der Waals surface area contributed by atoms with Crippen molar-refractivity contribution in [2.75, 3.05) is 0 Å². The molecule has 0 saturated heterocycles. The van der Waals surface area contributed by atoms with Crippen LogP contribution in [0.25, 0.3) is 16.2 Å². The van der Waals surface area contributed by atoms with Crippen molar-refractivity contribution in [2.45, 2.75) is 32.6 Å². The maximum Gasteiger partial charge on any atom is 0.194 e. The fourth-order valence-corrected chi connectivity index (χ4v) is 4.34. The Kier molecular flexibility index (Phi) is 2.67. The van der Waals surface area contributed by atoms with Gasteiger partial charge in [0.2, 0.25) is 0 Å². The van der Waals surface area contributed by atoms with Crippen LogP contribution < -0.4 is 0 Å². The Hall–Kier alpha value is -1.68. The Labute approximate surface area is 120 Å². The molecule has 0 N–H and O–H groups in total. The summed E-state index contributed by atoms with van der Waals surface area (Å²) < 4.78 is 16.2. The van der Waals surface area contributed by atoms with Gasteiger partial charge in [0.1, 0.15) is 5.82 Å². The average molecular weight is 286 g/mol. The average Bonchev–Trinajstić information content (AvgIpc) is 2.97. The zero-order valence-electron chi connectivity index (χ0n) is 11.3. The van der Waals surface area contributed by atoms with Crippen LogP contribution >= 0.6 is 11.3 Å². The van der Waals surface area contributed by atoms with Crippen molar-refractivity contribution in [3.8, 4) is 11.3 Å². The Morgan fingerprint density at radius 2 is 2.00 bits per heavy atom. The topological polar surface area (TPSA) is 17.3 Å². The lowest BCUT2D eigenvalue weighted by atomic mass is 10.0. The number of imidazole rings is 1. The van der Waals surface area contributed by atoms with Crippen molar-refractivity contribution >= 4 is 16.3 Å². The van der Waals surface area contributed by atoms with E-state index in [2.05, 4.69) is 9.38 Å². The van der Waals surface area contributed by atoms with Crippen molar-refractivity contribution in [1.82, 2.24) is 9.38 Å². The molecule has 20 heavy (non-hydrogen) atoms. The number of aromatic nitrogens is 2. The van der Waals surface area contributed by atoms with Crippen molar-refractivity contribution in [2.24, 2.45) is 0 Å². The third kappa shape index (κ3) is 1.64. The molecule has 0 fully saturated rings. The molecule has 0 aliphatic heterocycles. The monoisotopic (exact) mass is 286 g/mol. The minimum absolute atomic E-state index is 0.199. The number of fused-ring (bicyclic) bond motifs is 3. The number of hydrogen-bond donors (Lipinski definition) is 0. The van der Waals surface area contributed by atoms with Gasteiger partial charge in [-0.1, -0.05) is 12.1 Å². The molecule has 0 saturated carbocycles. The molecule has 0 atom stereocenters. The van der Waals surface area contributed by atoms with E-state index in [9.17, 15) is 4.39 Å². The second kappa shape index (κ2) is 4.42. The molecule has 0 spiro atoms. The van der Waals surface area contributed by atoms with Crippen molar-refractivity contribution in [3.63, 3.8) is 0 Å². The van der Waals surface area contributed by atoms with Crippen LogP contribution in [-0.4, -0.2) is 9.38 Å². The second-order valence-electron chi connectivity index (χ2n) is 5.32. The molecular weight excluding hydrogens is 271 g/mol. The third-order valence-corrected chi connectivity index (χ3v) is 5.22. The number of nitrogens with zero attached hydrogens (tertiary/aromatic N) is 2. The summed E-state index contributed by atoms with van der Waals surface area (Å²) in [5, 5.41) is 0. The summed E-state index contributed by atoms with van der Waals surface area (Å²) in [6.45, 7) is 2.05. The van der Waals surface area contributed by atoms with Gasteiger partial charge in [-0.3, -0.25) is 4.40 Å². The van der Waals surface area contributed by atoms with Gasteiger partial charge in [0.15, 0.2) is 4.96 Å². The van der Waals surface area contributed by atoms with Gasteiger partial charge in [0.25, 0.3) is 0 Å². The first kappa shape index (κ1) is 12.1. The zero-order chi connectivity index (χ0) is 13.7. The first-order valence-corrected chi connectivity index (χ1v) is 7.82. The molecule has 1 aromatic carbocycles. The summed E-state index contributed by atoms with van der Waals surface area (Å²) in [5.74, 6) is -0.199. The molecule has 0 radical (unpaired) electrons. The summed E-state index contributed by atoms with van der Waals surface area (Å²) in [5.41, 5.74) is 3.83. The largest absolute Gasteiger partial charge is 0.291 e. The van der Waals surface area contributed by atoms with Crippen LogP contribution in [0.15, 0.2) is 24.3 Å². The lowest BCUT2D eigenvalue weighted by Gasteiger charge is -2.11. The van der Waals surface area contributed by atoms with Gasteiger partial charge in [-0.2, -0.15) is 0 Å². The highest BCUT2D eigenvalue weighted by molar-refractivity contribution is 7.17. The molecule has 4 rings (SSSR count). The molecule has 4 heteroatoms. The highest BCUT2D eigenvalue weighted by Crippen LogP contribution is 2.35. The number of aryl methyl sites for hydroxylation is 3. The second-order valence-corrected chi connectivity index (χ2v) is 6.38. The molecule has 2 heterocycles. The van der Waals surface area contributed by atoms with Crippen LogP contribution in [-0.2, 0) is 12.8 Å². The number of hydrogen-bond acceptors (Lipinski definition) is 2. The van der Waals surface area contributed by atoms with Gasteiger partial charge >= 0.3 is 0 Å². The van der Waals surface area contributed by atoms with E-state index in [0.29, 0.717) is 5.56 Å². The number of halogens is 1. The van der Waals surface area contributed by atoms with E-state index in [0.717, 1.165) is 29.2 Å². The number of thiazole rings is 1. The van der Waals surface area contributed by atoms with E-state index in [-0.39, 0.29) is 5.82 Å². The fraction of sp³-hybridized carbons (Fsp3) is 0.312. The molecule has 2 nitrogen and oxygen atoms in total. The lowest BCUT2D eigenvalue weighted by Crippen LogP contribution is -2.03. The minimum Gasteiger partial charge on any atom is -0.291 e. The van der Waals surface area contributed by atoms with Crippen molar-refractivity contribution < 1.29 is 4.39 Å². The Morgan fingerprint density at radius 3 is 2.85 bits per heavy atom. The van der Waals surface area contributed by atoms with Gasteiger partial charge < -0.3 is 0 Å². The molecule has 2 aromatic heterocycles. The van der Waals surface area contributed by atoms with Crippen molar-refractivity contribution in [1.29, 1.82) is 0 Å². The van der Waals surface area contributed by atoms with E-state index in [1.165, 1.54) is 29.5 Å². The molecule has 1 aliphatic rings. The van der Waals surface area contributed by atoms with Gasteiger partial charge in [-0.05, 0) is 44.7 Å². The molecule has 102 valence electrons. The third-order valence-electron chi connectivity index (χ3n) is 4.08. The van der Waals surface area contributed by atoms with Crippen LogP contribution in [0.3, 0.4) is 0 Å². The Morgan fingerprint density at radius 1 is 1.20 bits per heavy atom. The van der Waals surface area contributed by atoms with Crippen molar-refractivity contribution in [3.05, 3.63) is 46.3 Å². The predicted octanol–water partition coefficient (Wildman–Crippen LogP) is 4.39. The number of benzene rings is 1. The summed E-state index contributed by atoms with van der Waals surface area (Å²) in [6.07, 6.45) is 4.79. The Bertz CT molecular complexity index is 800. The summed E-state index contributed by atoms with van der Waals surface area (Å²) in [7, 11) is 0. The van der Waals surface area contributed by atoms with Crippen LogP contribution in [0.5, 0.6) is 0 Å². The zero-order valence-corrected chi connectivity index (χ0v) is 12.1. The maximum atomic E-state index is 14.0. The van der Waals surface area contributed by atoms with Crippen LogP contribution in [0, 0.1) is 12.7 Å². The van der Waals surface area contributed by atoms with E-state index < -0.39 is 0 Å². The summed E-state index contributed by atoms with van der Waals surface area (Å²) in [6, 6.07) is 6.88. The first-order chi connectivity index (χ1) is 9.75. The molecule has 0 bridgehead atoms. The summed E-state index contributed by atoms with van der Waals surface area (Å²) in [4.78, 5) is 7.16. The van der Waals surface area contributed by atoms with Crippen LogP contribution in [0.4, 0.5) is 4.39 Å². The smallest absolute Gasteiger partial charge is 0.194 e. The van der Waals surface area contributed by atoms with Crippen LogP contribution in [0.1, 0.15) is 29.1 Å². The fourth-order valence-electron chi connectivity index (χ4n) is 3.09. The van der Waals surface area contributed by atoms with E-state index >= 15 is 0 Å². The standard InChI is InChI=1S/C16H15FN2S/c1-10-15(11-6-2-3-7-12(11)17)18-16-19(10)13-8-4-5-9-14(13)20-16/h2-3,6-7H,4-5,8-9H2,1H3. The van der Waals surface area contributed by atoms with Gasteiger partial charge in [-0.15, -0.1) is 11.3 Å². The SMILES string of the molecule is Cc1c(-c2ccccc2F)nc2sc3c(n12)CCCC3. The predicted molar refractivity (Wildman–Crippen MR) is 79.8 cm³/mol. The minimum atomic E-state index is -0.199. The Balaban J connectivity index is 1.97. The highest BCUT2D eigenvalue weighted by atomic mass is 32.1.